The fourth-order valence-corrected chi connectivity index (χ4v) is 1.84. The van der Waals surface area contributed by atoms with Crippen molar-refractivity contribution in [1.82, 2.24) is 0 Å². The van der Waals surface area contributed by atoms with E-state index < -0.39 is 5.91 Å². The molecule has 0 aliphatic heterocycles. The number of anilines is 1. The van der Waals surface area contributed by atoms with Crippen LogP contribution in [0.3, 0.4) is 0 Å². The summed E-state index contributed by atoms with van der Waals surface area (Å²) in [4.78, 5) is 22.9. The molecule has 0 heterocycles. The van der Waals surface area contributed by atoms with Crippen molar-refractivity contribution in [3.63, 3.8) is 0 Å². The lowest BCUT2D eigenvalue weighted by molar-refractivity contribution is -0.117. The normalized spacial score (nSPS) is 9.67. The molecule has 0 spiro atoms. The quantitative estimate of drug-likeness (QED) is 0.893. The zero-order valence-electron chi connectivity index (χ0n) is 11.2. The minimum atomic E-state index is -0.403. The van der Waals surface area contributed by atoms with E-state index >= 15 is 0 Å². The van der Waals surface area contributed by atoms with Crippen LogP contribution in [-0.4, -0.2) is 11.8 Å². The highest BCUT2D eigenvalue weighted by Crippen LogP contribution is 2.12. The molecule has 2 aromatic carbocycles. The van der Waals surface area contributed by atoms with Crippen LogP contribution in [0.1, 0.15) is 21.5 Å². The molecule has 3 N–H and O–H groups in total. The molecule has 0 saturated heterocycles. The fourth-order valence-electron chi connectivity index (χ4n) is 1.84. The molecule has 5 heteroatoms. The molecule has 0 unspecified atom stereocenters. The van der Waals surface area contributed by atoms with E-state index in [0.717, 1.165) is 5.56 Å². The first-order chi connectivity index (χ1) is 10.1. The lowest BCUT2D eigenvalue weighted by atomic mass is 10.1. The van der Waals surface area contributed by atoms with Gasteiger partial charge in [0.2, 0.25) is 5.91 Å². The molecule has 2 aromatic rings. The fraction of sp³-hybridized carbons (Fsp3) is 0.0625. The van der Waals surface area contributed by atoms with Gasteiger partial charge in [0, 0.05) is 11.3 Å². The number of hydrogen-bond donors (Lipinski definition) is 2. The van der Waals surface area contributed by atoms with Gasteiger partial charge in [-0.3, -0.25) is 9.59 Å². The molecule has 0 aliphatic carbocycles. The predicted molar refractivity (Wildman–Crippen MR) is 78.5 cm³/mol. The summed E-state index contributed by atoms with van der Waals surface area (Å²) in [7, 11) is 0. The molecule has 104 valence electrons. The summed E-state index contributed by atoms with van der Waals surface area (Å²) in [5.41, 5.74) is 7.35. The first-order valence-electron chi connectivity index (χ1n) is 6.27. The predicted octanol–water partition coefficient (Wildman–Crippen LogP) is 1.84. The first-order valence-corrected chi connectivity index (χ1v) is 6.27. The first kappa shape index (κ1) is 14.3. The molecule has 0 aromatic heterocycles. The van der Waals surface area contributed by atoms with Crippen molar-refractivity contribution in [2.45, 2.75) is 6.42 Å². The van der Waals surface area contributed by atoms with E-state index in [-0.39, 0.29) is 12.3 Å². The number of hydrogen-bond acceptors (Lipinski definition) is 3. The maximum absolute atomic E-state index is 12.1. The summed E-state index contributed by atoms with van der Waals surface area (Å²) in [5, 5.41) is 11.5. The number of nitriles is 1. The van der Waals surface area contributed by atoms with Gasteiger partial charge >= 0.3 is 0 Å². The average molecular weight is 279 g/mol. The third-order valence-corrected chi connectivity index (χ3v) is 2.84. The highest BCUT2D eigenvalue weighted by atomic mass is 16.2. The molecule has 2 amide bonds. The summed E-state index contributed by atoms with van der Waals surface area (Å²) in [5.74, 6) is -0.699. The molecular formula is C16H13N3O2. The van der Waals surface area contributed by atoms with Crippen LogP contribution in [0, 0.1) is 11.3 Å². The summed E-state index contributed by atoms with van der Waals surface area (Å²) in [6, 6.07) is 15.3. The Morgan fingerprint density at radius 1 is 1.14 bits per heavy atom. The van der Waals surface area contributed by atoms with Crippen LogP contribution in [0.25, 0.3) is 0 Å². The second-order valence-electron chi connectivity index (χ2n) is 4.49. The van der Waals surface area contributed by atoms with Gasteiger partial charge < -0.3 is 11.1 Å². The number of nitrogens with zero attached hydrogens (tertiary/aromatic N) is 1. The van der Waals surface area contributed by atoms with Crippen LogP contribution in [0.4, 0.5) is 5.69 Å². The SMILES string of the molecule is N#Cc1cccc(C(=O)Nc2ccc(CC(N)=O)cc2)c1. The number of nitrogens with one attached hydrogen (secondary N) is 1. The minimum Gasteiger partial charge on any atom is -0.369 e. The molecule has 0 aliphatic rings. The third-order valence-electron chi connectivity index (χ3n) is 2.84. The van der Waals surface area contributed by atoms with Gasteiger partial charge in [0.05, 0.1) is 18.1 Å². The van der Waals surface area contributed by atoms with Crippen molar-refractivity contribution in [2.24, 2.45) is 5.73 Å². The minimum absolute atomic E-state index is 0.165. The van der Waals surface area contributed by atoms with Crippen molar-refractivity contribution in [2.75, 3.05) is 5.32 Å². The van der Waals surface area contributed by atoms with E-state index in [0.29, 0.717) is 16.8 Å². The van der Waals surface area contributed by atoms with Crippen LogP contribution >= 0.6 is 0 Å². The Bertz CT molecular complexity index is 715. The van der Waals surface area contributed by atoms with Crippen molar-refractivity contribution in [3.05, 3.63) is 65.2 Å². The topological polar surface area (TPSA) is 96.0 Å². The molecule has 0 saturated carbocycles. The molecule has 21 heavy (non-hydrogen) atoms. The monoisotopic (exact) mass is 279 g/mol. The summed E-state index contributed by atoms with van der Waals surface area (Å²) in [6.07, 6.45) is 0.165. The number of amides is 2. The van der Waals surface area contributed by atoms with Gasteiger partial charge in [-0.25, -0.2) is 0 Å². The van der Waals surface area contributed by atoms with Crippen LogP contribution in [0.15, 0.2) is 48.5 Å². The van der Waals surface area contributed by atoms with Gasteiger partial charge in [0.15, 0.2) is 0 Å². The Labute approximate surface area is 122 Å². The van der Waals surface area contributed by atoms with E-state index in [9.17, 15) is 9.59 Å². The van der Waals surface area contributed by atoms with Gasteiger partial charge in [0.25, 0.3) is 5.91 Å². The summed E-state index contributed by atoms with van der Waals surface area (Å²) in [6.45, 7) is 0. The van der Waals surface area contributed by atoms with E-state index in [4.69, 9.17) is 11.0 Å². The van der Waals surface area contributed by atoms with Gasteiger partial charge in [-0.2, -0.15) is 5.26 Å². The van der Waals surface area contributed by atoms with E-state index in [1.54, 1.807) is 42.5 Å². The summed E-state index contributed by atoms with van der Waals surface area (Å²) >= 11 is 0. The van der Waals surface area contributed by atoms with Crippen molar-refractivity contribution in [3.8, 4) is 6.07 Å². The van der Waals surface area contributed by atoms with Gasteiger partial charge in [0.1, 0.15) is 0 Å². The zero-order chi connectivity index (χ0) is 15.2. The van der Waals surface area contributed by atoms with Crippen molar-refractivity contribution < 1.29 is 9.59 Å². The highest BCUT2D eigenvalue weighted by Gasteiger charge is 2.07. The Kier molecular flexibility index (Phi) is 4.32. The maximum atomic E-state index is 12.1. The lowest BCUT2D eigenvalue weighted by Crippen LogP contribution is -2.14. The maximum Gasteiger partial charge on any atom is 0.255 e. The average Bonchev–Trinajstić information content (AvgIpc) is 2.49. The van der Waals surface area contributed by atoms with Gasteiger partial charge in [-0.15, -0.1) is 0 Å². The molecule has 5 nitrogen and oxygen atoms in total. The Morgan fingerprint density at radius 2 is 1.86 bits per heavy atom. The number of nitrogens with two attached hydrogens (primary N) is 1. The van der Waals surface area contributed by atoms with E-state index in [2.05, 4.69) is 5.32 Å². The Balaban J connectivity index is 2.09. The van der Waals surface area contributed by atoms with E-state index in [1.165, 1.54) is 6.07 Å². The van der Waals surface area contributed by atoms with Crippen molar-refractivity contribution in [1.29, 1.82) is 5.26 Å². The summed E-state index contributed by atoms with van der Waals surface area (Å²) < 4.78 is 0. The van der Waals surface area contributed by atoms with E-state index in [1.807, 2.05) is 6.07 Å². The number of carbonyl (C=O) groups is 2. The molecule has 0 radical (unpaired) electrons. The van der Waals surface area contributed by atoms with Crippen molar-refractivity contribution >= 4 is 17.5 Å². The van der Waals surface area contributed by atoms with Crippen LogP contribution < -0.4 is 11.1 Å². The smallest absolute Gasteiger partial charge is 0.255 e. The lowest BCUT2D eigenvalue weighted by Gasteiger charge is -2.06. The molecule has 2 rings (SSSR count). The zero-order valence-corrected chi connectivity index (χ0v) is 11.2. The molecule has 0 fully saturated rings. The highest BCUT2D eigenvalue weighted by molar-refractivity contribution is 6.04. The van der Waals surface area contributed by atoms with Gasteiger partial charge in [-0.05, 0) is 35.9 Å². The molecule has 0 bridgehead atoms. The van der Waals surface area contributed by atoms with Crippen LogP contribution in [0.5, 0.6) is 0 Å². The largest absolute Gasteiger partial charge is 0.369 e. The number of rotatable bonds is 4. The Hall–Kier alpha value is -3.13. The van der Waals surface area contributed by atoms with Crippen LogP contribution in [-0.2, 0) is 11.2 Å². The number of benzene rings is 2. The number of primary amides is 1. The van der Waals surface area contributed by atoms with Gasteiger partial charge in [-0.1, -0.05) is 18.2 Å². The Morgan fingerprint density at radius 3 is 2.48 bits per heavy atom. The standard InChI is InChI=1S/C16H13N3O2/c17-10-12-2-1-3-13(8-12)16(21)19-14-6-4-11(5-7-14)9-15(18)20/h1-8H,9H2,(H2,18,20)(H,19,21). The second kappa shape index (κ2) is 6.35. The second-order valence-corrected chi connectivity index (χ2v) is 4.49. The van der Waals surface area contributed by atoms with Crippen LogP contribution in [0.2, 0.25) is 0 Å². The number of carbonyl (C=O) groups excluding carboxylic acids is 2. The third kappa shape index (κ3) is 3.91. The molecule has 0 atom stereocenters. The molecular weight excluding hydrogens is 266 g/mol.